The molecule has 180 valence electrons. The highest BCUT2D eigenvalue weighted by atomic mass is 16.1. The second-order valence-electron chi connectivity index (χ2n) is 9.33. The van der Waals surface area contributed by atoms with E-state index >= 15 is 0 Å². The normalized spacial score (nSPS) is 18.3. The molecule has 1 aliphatic rings. The predicted molar refractivity (Wildman–Crippen MR) is 138 cm³/mol. The molecule has 2 aromatic heterocycles. The van der Waals surface area contributed by atoms with E-state index in [0.29, 0.717) is 35.1 Å². The second kappa shape index (κ2) is 10.2. The molecule has 1 aliphatic carbocycles. The average molecular weight is 463 g/mol. The molecule has 1 saturated carbocycles. The second-order valence-corrected chi connectivity index (χ2v) is 9.33. The lowest BCUT2D eigenvalue weighted by molar-refractivity contribution is -0.111. The van der Waals surface area contributed by atoms with E-state index < -0.39 is 0 Å². The molecule has 0 saturated heterocycles. The zero-order valence-corrected chi connectivity index (χ0v) is 20.4. The smallest absolute Gasteiger partial charge is 0.247 e. The minimum Gasteiger partial charge on any atom is -0.351 e. The molecule has 2 heterocycles. The van der Waals surface area contributed by atoms with E-state index in [2.05, 4.69) is 64.9 Å². The molecule has 0 spiro atoms. The first-order chi connectivity index (χ1) is 16.3. The Morgan fingerprint density at radius 2 is 1.91 bits per heavy atom. The lowest BCUT2D eigenvalue weighted by Crippen LogP contribution is -2.36. The molecule has 3 N–H and O–H groups in total. The fourth-order valence-electron chi connectivity index (χ4n) is 4.37. The standard InChI is InChI=1S/C25H34N8O/c1-6-21(34)27-18-8-7-9-19(14-18)28-23-22-24(33(15-26-22)16(2)3)31-25(30-23)29-17-10-12-20(13-11-17)32(4)5/h6-9,14-17,20H,1,10-13H2,2-5H3,(H,27,34)(H2,28,29,30,31)/t17-,20-. The maximum absolute atomic E-state index is 11.7. The first-order valence-corrected chi connectivity index (χ1v) is 11.8. The van der Waals surface area contributed by atoms with Crippen LogP contribution in [0.15, 0.2) is 43.2 Å². The van der Waals surface area contributed by atoms with Crippen molar-refractivity contribution in [3.05, 3.63) is 43.2 Å². The summed E-state index contributed by atoms with van der Waals surface area (Å²) in [5.41, 5.74) is 2.95. The molecule has 9 heteroatoms. The van der Waals surface area contributed by atoms with E-state index in [1.807, 2.05) is 30.6 Å². The number of amides is 1. The lowest BCUT2D eigenvalue weighted by atomic mass is 9.91. The van der Waals surface area contributed by atoms with Crippen LogP contribution >= 0.6 is 0 Å². The summed E-state index contributed by atoms with van der Waals surface area (Å²) in [6.07, 6.45) is 7.54. The Labute approximate surface area is 200 Å². The maximum atomic E-state index is 11.7. The molecule has 1 fully saturated rings. The van der Waals surface area contributed by atoms with Crippen molar-refractivity contribution in [1.82, 2.24) is 24.4 Å². The number of imidazole rings is 1. The molecule has 1 aromatic carbocycles. The van der Waals surface area contributed by atoms with Gasteiger partial charge < -0.3 is 25.4 Å². The van der Waals surface area contributed by atoms with Crippen molar-refractivity contribution in [2.75, 3.05) is 30.0 Å². The number of hydrogen-bond acceptors (Lipinski definition) is 7. The third kappa shape index (κ3) is 5.36. The molecule has 1 amide bonds. The zero-order chi connectivity index (χ0) is 24.2. The van der Waals surface area contributed by atoms with E-state index in [-0.39, 0.29) is 11.9 Å². The van der Waals surface area contributed by atoms with E-state index in [1.54, 1.807) is 0 Å². The Bertz CT molecular complexity index is 1160. The molecular weight excluding hydrogens is 428 g/mol. The molecule has 3 aromatic rings. The maximum Gasteiger partial charge on any atom is 0.247 e. The molecule has 34 heavy (non-hydrogen) atoms. The summed E-state index contributed by atoms with van der Waals surface area (Å²) >= 11 is 0. The highest BCUT2D eigenvalue weighted by molar-refractivity contribution is 5.99. The van der Waals surface area contributed by atoms with Crippen molar-refractivity contribution < 1.29 is 4.79 Å². The number of rotatable bonds is 8. The summed E-state index contributed by atoms with van der Waals surface area (Å²) in [6, 6.07) is 8.66. The van der Waals surface area contributed by atoms with Crippen molar-refractivity contribution in [2.24, 2.45) is 0 Å². The first-order valence-electron chi connectivity index (χ1n) is 11.8. The number of fused-ring (bicyclic) bond motifs is 1. The van der Waals surface area contributed by atoms with Crippen molar-refractivity contribution in [3.63, 3.8) is 0 Å². The number of carbonyl (C=O) groups is 1. The number of anilines is 4. The minimum atomic E-state index is -0.257. The van der Waals surface area contributed by atoms with Gasteiger partial charge >= 0.3 is 0 Å². The lowest BCUT2D eigenvalue weighted by Gasteiger charge is -2.33. The van der Waals surface area contributed by atoms with Gasteiger partial charge in [0.2, 0.25) is 11.9 Å². The third-order valence-electron chi connectivity index (χ3n) is 6.32. The van der Waals surface area contributed by atoms with Crippen molar-refractivity contribution >= 4 is 40.2 Å². The van der Waals surface area contributed by atoms with Gasteiger partial charge in [-0.1, -0.05) is 12.6 Å². The van der Waals surface area contributed by atoms with Crippen LogP contribution in [0.4, 0.5) is 23.1 Å². The molecule has 4 rings (SSSR count). The van der Waals surface area contributed by atoms with E-state index in [0.717, 1.165) is 37.0 Å². The van der Waals surface area contributed by atoms with Crippen LogP contribution < -0.4 is 16.0 Å². The Kier molecular flexibility index (Phi) is 7.12. The summed E-state index contributed by atoms with van der Waals surface area (Å²) < 4.78 is 2.05. The SMILES string of the molecule is C=CC(=O)Nc1cccc(Nc2nc(N[C@H]3CC[C@H](N(C)C)CC3)nc3c2ncn3C(C)C)c1. The van der Waals surface area contributed by atoms with Crippen molar-refractivity contribution in [1.29, 1.82) is 0 Å². The van der Waals surface area contributed by atoms with Gasteiger partial charge in [-0.05, 0) is 77.9 Å². The number of carbonyl (C=O) groups excluding carboxylic acids is 1. The monoisotopic (exact) mass is 462 g/mol. The number of nitrogens with zero attached hydrogens (tertiary/aromatic N) is 5. The first kappa shape index (κ1) is 23.7. The summed E-state index contributed by atoms with van der Waals surface area (Å²) in [5.74, 6) is 0.968. The summed E-state index contributed by atoms with van der Waals surface area (Å²) in [7, 11) is 4.30. The highest BCUT2D eigenvalue weighted by Crippen LogP contribution is 2.29. The molecule has 9 nitrogen and oxygen atoms in total. The predicted octanol–water partition coefficient (Wildman–Crippen LogP) is 4.56. The highest BCUT2D eigenvalue weighted by Gasteiger charge is 2.24. The fourth-order valence-corrected chi connectivity index (χ4v) is 4.37. The van der Waals surface area contributed by atoms with E-state index in [4.69, 9.17) is 9.97 Å². The van der Waals surface area contributed by atoms with Gasteiger partial charge in [0, 0.05) is 29.5 Å². The summed E-state index contributed by atoms with van der Waals surface area (Å²) in [4.78, 5) is 28.2. The number of hydrogen-bond donors (Lipinski definition) is 3. The molecule has 0 unspecified atom stereocenters. The van der Waals surface area contributed by atoms with Crippen LogP contribution in [-0.2, 0) is 4.79 Å². The van der Waals surface area contributed by atoms with Crippen LogP contribution in [0, 0.1) is 0 Å². The summed E-state index contributed by atoms with van der Waals surface area (Å²) in [5, 5.41) is 9.74. The van der Waals surface area contributed by atoms with Gasteiger partial charge in [-0.3, -0.25) is 4.79 Å². The Morgan fingerprint density at radius 3 is 2.59 bits per heavy atom. The van der Waals surface area contributed by atoms with Crippen LogP contribution in [0.1, 0.15) is 45.6 Å². The summed E-state index contributed by atoms with van der Waals surface area (Å²) in [6.45, 7) is 7.72. The Hall–Kier alpha value is -3.46. The number of aromatic nitrogens is 4. The molecule has 0 aliphatic heterocycles. The van der Waals surface area contributed by atoms with Crippen molar-refractivity contribution in [2.45, 2.75) is 57.7 Å². The molecule has 0 atom stereocenters. The van der Waals surface area contributed by atoms with Gasteiger partial charge in [0.15, 0.2) is 17.0 Å². The minimum absolute atomic E-state index is 0.216. The van der Waals surface area contributed by atoms with Gasteiger partial charge in [-0.2, -0.15) is 9.97 Å². The fraction of sp³-hybridized carbons (Fsp3) is 0.440. The van der Waals surface area contributed by atoms with Gasteiger partial charge in [-0.25, -0.2) is 4.98 Å². The Balaban J connectivity index is 1.62. The number of benzene rings is 1. The van der Waals surface area contributed by atoms with Gasteiger partial charge in [0.25, 0.3) is 0 Å². The van der Waals surface area contributed by atoms with Crippen LogP contribution in [0.3, 0.4) is 0 Å². The Morgan fingerprint density at radius 1 is 1.18 bits per heavy atom. The largest absolute Gasteiger partial charge is 0.351 e. The quantitative estimate of drug-likeness (QED) is 0.422. The van der Waals surface area contributed by atoms with Crippen LogP contribution in [-0.4, -0.2) is 56.5 Å². The van der Waals surface area contributed by atoms with Gasteiger partial charge in [-0.15, -0.1) is 0 Å². The zero-order valence-electron chi connectivity index (χ0n) is 20.4. The van der Waals surface area contributed by atoms with Gasteiger partial charge in [0.1, 0.15) is 0 Å². The van der Waals surface area contributed by atoms with E-state index in [9.17, 15) is 4.79 Å². The molecule has 0 radical (unpaired) electrons. The average Bonchev–Trinajstić information content (AvgIpc) is 3.24. The van der Waals surface area contributed by atoms with Crippen LogP contribution in [0.5, 0.6) is 0 Å². The van der Waals surface area contributed by atoms with E-state index in [1.165, 1.54) is 6.08 Å². The topological polar surface area (TPSA) is 100 Å². The van der Waals surface area contributed by atoms with Crippen LogP contribution in [0.25, 0.3) is 11.2 Å². The third-order valence-corrected chi connectivity index (χ3v) is 6.32. The molecular formula is C25H34N8O. The molecule has 0 bridgehead atoms. The number of nitrogens with one attached hydrogen (secondary N) is 3. The van der Waals surface area contributed by atoms with Gasteiger partial charge in [0.05, 0.1) is 6.33 Å². The van der Waals surface area contributed by atoms with Crippen LogP contribution in [0.2, 0.25) is 0 Å². The van der Waals surface area contributed by atoms with Crippen molar-refractivity contribution in [3.8, 4) is 0 Å².